The first-order chi connectivity index (χ1) is 8.15. The van der Waals surface area contributed by atoms with E-state index in [1.54, 1.807) is 22.6 Å². The summed E-state index contributed by atoms with van der Waals surface area (Å²) in [5, 5.41) is 14.0. The Morgan fingerprint density at radius 3 is 3.00 bits per heavy atom. The van der Waals surface area contributed by atoms with E-state index in [1.165, 1.54) is 0 Å². The van der Waals surface area contributed by atoms with E-state index in [-0.39, 0.29) is 0 Å². The summed E-state index contributed by atoms with van der Waals surface area (Å²) in [5.74, 6) is 0.627. The highest BCUT2D eigenvalue weighted by molar-refractivity contribution is 9.10. The molecule has 0 bridgehead atoms. The summed E-state index contributed by atoms with van der Waals surface area (Å²) in [6.07, 6.45) is 3.06. The lowest BCUT2D eigenvalue weighted by atomic mass is 10.2. The van der Waals surface area contributed by atoms with Crippen molar-refractivity contribution < 1.29 is 5.11 Å². The Bertz CT molecular complexity index is 501. The van der Waals surface area contributed by atoms with Crippen LogP contribution in [0.2, 0.25) is 0 Å². The molecule has 2 aromatic rings. The number of rotatable bonds is 4. The van der Waals surface area contributed by atoms with Crippen LogP contribution < -0.4 is 0 Å². The van der Waals surface area contributed by atoms with Gasteiger partial charge in [-0.05, 0) is 18.2 Å². The van der Waals surface area contributed by atoms with Gasteiger partial charge in [-0.25, -0.2) is 0 Å². The van der Waals surface area contributed by atoms with Gasteiger partial charge in [0.25, 0.3) is 0 Å². The molecule has 0 aliphatic rings. The predicted molar refractivity (Wildman–Crippen MR) is 73.0 cm³/mol. The monoisotopic (exact) mass is 312 g/mol. The van der Waals surface area contributed by atoms with Gasteiger partial charge >= 0.3 is 0 Å². The topological polar surface area (TPSA) is 38.0 Å². The highest BCUT2D eigenvalue weighted by Gasteiger charge is 2.10. The molecule has 1 heterocycles. The Morgan fingerprint density at radius 1 is 1.53 bits per heavy atom. The normalized spacial score (nSPS) is 12.6. The molecule has 17 heavy (non-hydrogen) atoms. The summed E-state index contributed by atoms with van der Waals surface area (Å²) in [7, 11) is 1.84. The fourth-order valence-electron chi connectivity index (χ4n) is 1.44. The van der Waals surface area contributed by atoms with E-state index < -0.39 is 6.10 Å². The van der Waals surface area contributed by atoms with Crippen molar-refractivity contribution in [2.24, 2.45) is 7.05 Å². The SMILES string of the molecule is Cn1cc(C(O)CSc2cccc(Br)c2)cn1. The van der Waals surface area contributed by atoms with Crippen molar-refractivity contribution in [3.8, 4) is 0 Å². The minimum atomic E-state index is -0.479. The van der Waals surface area contributed by atoms with Crippen LogP contribution >= 0.6 is 27.7 Å². The molecular formula is C12H13BrN2OS. The van der Waals surface area contributed by atoms with Gasteiger partial charge in [-0.1, -0.05) is 22.0 Å². The maximum absolute atomic E-state index is 9.98. The third kappa shape index (κ3) is 3.59. The van der Waals surface area contributed by atoms with Crippen LogP contribution in [0, 0.1) is 0 Å². The summed E-state index contributed by atoms with van der Waals surface area (Å²) >= 11 is 5.06. The van der Waals surface area contributed by atoms with Crippen LogP contribution in [0.5, 0.6) is 0 Å². The van der Waals surface area contributed by atoms with Crippen molar-refractivity contribution >= 4 is 27.7 Å². The van der Waals surface area contributed by atoms with Crippen molar-refractivity contribution in [2.75, 3.05) is 5.75 Å². The lowest BCUT2D eigenvalue weighted by molar-refractivity contribution is 0.204. The molecule has 0 fully saturated rings. The van der Waals surface area contributed by atoms with E-state index in [9.17, 15) is 5.11 Å². The lowest BCUT2D eigenvalue weighted by Gasteiger charge is -2.08. The third-order valence-electron chi connectivity index (χ3n) is 2.31. The van der Waals surface area contributed by atoms with Crippen molar-refractivity contribution in [2.45, 2.75) is 11.0 Å². The van der Waals surface area contributed by atoms with E-state index in [0.717, 1.165) is 14.9 Å². The molecular weight excluding hydrogens is 300 g/mol. The smallest absolute Gasteiger partial charge is 0.0914 e. The van der Waals surface area contributed by atoms with Crippen molar-refractivity contribution in [1.82, 2.24) is 9.78 Å². The highest BCUT2D eigenvalue weighted by Crippen LogP contribution is 2.26. The van der Waals surface area contributed by atoms with Gasteiger partial charge in [0, 0.05) is 33.9 Å². The number of hydrogen-bond donors (Lipinski definition) is 1. The van der Waals surface area contributed by atoms with Gasteiger partial charge in [-0.2, -0.15) is 5.10 Å². The standard InChI is InChI=1S/C12H13BrN2OS/c1-15-7-9(6-14-15)12(16)8-17-11-4-2-3-10(13)5-11/h2-7,12,16H,8H2,1H3. The molecule has 1 atom stereocenters. The number of aliphatic hydroxyl groups excluding tert-OH is 1. The van der Waals surface area contributed by atoms with Gasteiger partial charge in [0.15, 0.2) is 0 Å². The van der Waals surface area contributed by atoms with Gasteiger partial charge in [-0.15, -0.1) is 11.8 Å². The number of thioether (sulfide) groups is 1. The molecule has 0 saturated carbocycles. The van der Waals surface area contributed by atoms with Gasteiger partial charge in [0.05, 0.1) is 12.3 Å². The molecule has 3 nitrogen and oxygen atoms in total. The van der Waals surface area contributed by atoms with Crippen LogP contribution in [0.25, 0.3) is 0 Å². The molecule has 0 radical (unpaired) electrons. The van der Waals surface area contributed by atoms with Crippen LogP contribution in [0.4, 0.5) is 0 Å². The fourth-order valence-corrected chi connectivity index (χ4v) is 2.92. The molecule has 1 aromatic heterocycles. The summed E-state index contributed by atoms with van der Waals surface area (Å²) in [6.45, 7) is 0. The van der Waals surface area contributed by atoms with E-state index in [2.05, 4.69) is 21.0 Å². The zero-order chi connectivity index (χ0) is 12.3. The van der Waals surface area contributed by atoms with Crippen molar-refractivity contribution in [1.29, 1.82) is 0 Å². The Balaban J connectivity index is 1.94. The van der Waals surface area contributed by atoms with E-state index >= 15 is 0 Å². The molecule has 0 amide bonds. The first-order valence-corrected chi connectivity index (χ1v) is 6.98. The first kappa shape index (κ1) is 12.7. The third-order valence-corrected chi connectivity index (χ3v) is 3.88. The molecule has 1 unspecified atom stereocenters. The van der Waals surface area contributed by atoms with Gasteiger partial charge < -0.3 is 5.11 Å². The Hall–Kier alpha value is -0.780. The predicted octanol–water partition coefficient (Wildman–Crippen LogP) is 3.01. The molecule has 0 aliphatic heterocycles. The Morgan fingerprint density at radius 2 is 2.35 bits per heavy atom. The second-order valence-electron chi connectivity index (χ2n) is 3.73. The number of halogens is 1. The number of nitrogens with zero attached hydrogens (tertiary/aromatic N) is 2. The zero-order valence-corrected chi connectivity index (χ0v) is 11.8. The molecule has 1 aromatic carbocycles. The van der Waals surface area contributed by atoms with Crippen LogP contribution in [0.3, 0.4) is 0 Å². The largest absolute Gasteiger partial charge is 0.387 e. The second-order valence-corrected chi connectivity index (χ2v) is 5.74. The quantitative estimate of drug-likeness (QED) is 0.882. The fraction of sp³-hybridized carbons (Fsp3) is 0.250. The first-order valence-electron chi connectivity index (χ1n) is 5.20. The zero-order valence-electron chi connectivity index (χ0n) is 9.38. The van der Waals surface area contributed by atoms with Crippen LogP contribution in [0.15, 0.2) is 46.0 Å². The average Bonchev–Trinajstić information content (AvgIpc) is 2.73. The summed E-state index contributed by atoms with van der Waals surface area (Å²) < 4.78 is 2.75. The van der Waals surface area contributed by atoms with Crippen molar-refractivity contribution in [3.05, 3.63) is 46.7 Å². The van der Waals surface area contributed by atoms with E-state index in [4.69, 9.17) is 0 Å². The molecule has 5 heteroatoms. The van der Waals surface area contributed by atoms with Crippen LogP contribution in [-0.2, 0) is 7.05 Å². The Kier molecular flexibility index (Phi) is 4.25. The molecule has 2 rings (SSSR count). The highest BCUT2D eigenvalue weighted by atomic mass is 79.9. The van der Waals surface area contributed by atoms with Gasteiger partial charge in [-0.3, -0.25) is 4.68 Å². The number of aromatic nitrogens is 2. The van der Waals surface area contributed by atoms with Crippen molar-refractivity contribution in [3.63, 3.8) is 0 Å². The summed E-state index contributed by atoms with van der Waals surface area (Å²) in [5.41, 5.74) is 0.856. The number of aryl methyl sites for hydroxylation is 1. The minimum absolute atomic E-state index is 0.479. The number of benzene rings is 1. The molecule has 90 valence electrons. The van der Waals surface area contributed by atoms with E-state index in [1.807, 2.05) is 37.5 Å². The summed E-state index contributed by atoms with van der Waals surface area (Å²) in [4.78, 5) is 1.14. The molecule has 1 N–H and O–H groups in total. The number of hydrogen-bond acceptors (Lipinski definition) is 3. The molecule has 0 aliphatic carbocycles. The van der Waals surface area contributed by atoms with Crippen LogP contribution in [0.1, 0.15) is 11.7 Å². The van der Waals surface area contributed by atoms with Gasteiger partial charge in [0.1, 0.15) is 0 Å². The van der Waals surface area contributed by atoms with Crippen LogP contribution in [-0.4, -0.2) is 20.6 Å². The maximum Gasteiger partial charge on any atom is 0.0914 e. The number of aliphatic hydroxyl groups is 1. The van der Waals surface area contributed by atoms with E-state index in [0.29, 0.717) is 5.75 Å². The minimum Gasteiger partial charge on any atom is -0.387 e. The second kappa shape index (κ2) is 5.71. The average molecular weight is 313 g/mol. The van der Waals surface area contributed by atoms with Gasteiger partial charge in [0.2, 0.25) is 0 Å². The summed E-state index contributed by atoms with van der Waals surface area (Å²) in [6, 6.07) is 8.05. The lowest BCUT2D eigenvalue weighted by Crippen LogP contribution is -1.99. The Labute approximate surface area is 113 Å². The molecule has 0 spiro atoms. The molecule has 0 saturated heterocycles. The maximum atomic E-state index is 9.98.